The van der Waals surface area contributed by atoms with Gasteiger partial charge in [-0.05, 0) is 69.2 Å². The minimum Gasteiger partial charge on any atom is -0.481 e. The maximum absolute atomic E-state index is 12.8. The van der Waals surface area contributed by atoms with Gasteiger partial charge < -0.3 is 20.3 Å². The van der Waals surface area contributed by atoms with Crippen LogP contribution in [0.4, 0.5) is 5.69 Å². The van der Waals surface area contributed by atoms with Gasteiger partial charge in [-0.3, -0.25) is 14.4 Å². The summed E-state index contributed by atoms with van der Waals surface area (Å²) in [5, 5.41) is 21.4. The molecule has 0 spiro atoms. The van der Waals surface area contributed by atoms with Gasteiger partial charge in [0.15, 0.2) is 11.5 Å². The van der Waals surface area contributed by atoms with Crippen molar-refractivity contribution in [2.75, 3.05) is 5.32 Å². The monoisotopic (exact) mass is 501 g/mol. The summed E-state index contributed by atoms with van der Waals surface area (Å²) in [6.45, 7) is 6.69. The lowest BCUT2D eigenvalue weighted by atomic mass is 9.86. The summed E-state index contributed by atoms with van der Waals surface area (Å²) in [5.41, 5.74) is 0.575. The van der Waals surface area contributed by atoms with E-state index < -0.39 is 29.4 Å². The van der Waals surface area contributed by atoms with Gasteiger partial charge in [0.2, 0.25) is 0 Å². The molecule has 2 rings (SSSR count). The van der Waals surface area contributed by atoms with E-state index in [0.717, 1.165) is 10.0 Å². The number of carboxylic acids is 2. The second-order valence-corrected chi connectivity index (χ2v) is 8.54. The fraction of sp³-hybridized carbons (Fsp3) is 0.292. The van der Waals surface area contributed by atoms with Crippen LogP contribution in [0.25, 0.3) is 0 Å². The topological polar surface area (TPSA) is 113 Å². The maximum Gasteiger partial charge on any atom is 0.319 e. The molecule has 1 atom stereocenters. The summed E-state index contributed by atoms with van der Waals surface area (Å²) in [6, 6.07) is 11.7. The molecule has 0 bridgehead atoms. The van der Waals surface area contributed by atoms with Gasteiger partial charge in [-0.2, -0.15) is 0 Å². The third-order valence-corrected chi connectivity index (χ3v) is 5.24. The highest BCUT2D eigenvalue weighted by Gasteiger charge is 2.35. The van der Waals surface area contributed by atoms with Crippen LogP contribution < -0.4 is 10.1 Å². The molecular weight excluding hydrogens is 478 g/mol. The lowest BCUT2D eigenvalue weighted by Gasteiger charge is -2.26. The number of hydrogen-bond donors (Lipinski definition) is 3. The van der Waals surface area contributed by atoms with Crippen molar-refractivity contribution >= 4 is 39.5 Å². The van der Waals surface area contributed by atoms with E-state index in [-0.39, 0.29) is 5.91 Å². The van der Waals surface area contributed by atoms with E-state index in [2.05, 4.69) is 33.1 Å². The molecule has 7 nitrogen and oxygen atoms in total. The van der Waals surface area contributed by atoms with E-state index in [9.17, 15) is 24.6 Å². The Kier molecular flexibility index (Phi) is 8.06. The predicted molar refractivity (Wildman–Crippen MR) is 124 cm³/mol. The number of rotatable bonds is 8. The standard InChI is InChI=1S/C24H24BrNO6/c1-5-6-18(20(21(27)28)22(29)30)15-7-10-17(11-8-15)26-23(31)24(3,4)32-19-12-9-16(25)13-14(19)2/h7-13,18,20H,1-4H3,(H,26,31)(H,27,28)(H,29,30). The minimum atomic E-state index is -1.70. The highest BCUT2D eigenvalue weighted by Crippen LogP contribution is 2.28. The number of aryl methyl sites for hydroxylation is 1. The zero-order valence-corrected chi connectivity index (χ0v) is 19.7. The molecular formula is C24H24BrNO6. The Morgan fingerprint density at radius 2 is 1.66 bits per heavy atom. The van der Waals surface area contributed by atoms with Crippen LogP contribution in [0.15, 0.2) is 46.9 Å². The number of carbonyl (C=O) groups excluding carboxylic acids is 1. The second kappa shape index (κ2) is 10.3. The predicted octanol–water partition coefficient (Wildman–Crippen LogP) is 4.45. The number of benzene rings is 2. The van der Waals surface area contributed by atoms with Crippen molar-refractivity contribution < 1.29 is 29.3 Å². The molecule has 0 aliphatic rings. The van der Waals surface area contributed by atoms with Crippen molar-refractivity contribution in [3.63, 3.8) is 0 Å². The van der Waals surface area contributed by atoms with Crippen LogP contribution in [0.2, 0.25) is 0 Å². The van der Waals surface area contributed by atoms with Crippen LogP contribution in [0.3, 0.4) is 0 Å². The Labute approximate surface area is 194 Å². The molecule has 0 heterocycles. The number of carboxylic acid groups (broad SMARTS) is 2. The minimum absolute atomic E-state index is 0.383. The van der Waals surface area contributed by atoms with Crippen molar-refractivity contribution in [1.82, 2.24) is 0 Å². The third-order valence-electron chi connectivity index (χ3n) is 4.74. The number of anilines is 1. The van der Waals surface area contributed by atoms with Crippen LogP contribution in [-0.4, -0.2) is 33.7 Å². The van der Waals surface area contributed by atoms with Crippen molar-refractivity contribution in [2.24, 2.45) is 5.92 Å². The number of aliphatic carboxylic acids is 2. The van der Waals surface area contributed by atoms with Crippen molar-refractivity contribution in [3.05, 3.63) is 58.1 Å². The molecule has 32 heavy (non-hydrogen) atoms. The number of carbonyl (C=O) groups is 3. The molecule has 2 aromatic rings. The van der Waals surface area contributed by atoms with E-state index in [4.69, 9.17) is 4.74 Å². The molecule has 168 valence electrons. The highest BCUT2D eigenvalue weighted by atomic mass is 79.9. The van der Waals surface area contributed by atoms with Gasteiger partial charge >= 0.3 is 11.9 Å². The summed E-state index contributed by atoms with van der Waals surface area (Å²) in [6.07, 6.45) is 0. The Bertz CT molecular complexity index is 1070. The first-order valence-corrected chi connectivity index (χ1v) is 10.5. The molecule has 1 amide bonds. The summed E-state index contributed by atoms with van der Waals surface area (Å²) < 4.78 is 6.82. The molecule has 0 saturated heterocycles. The van der Waals surface area contributed by atoms with Crippen molar-refractivity contribution in [2.45, 2.75) is 39.2 Å². The normalized spacial score (nSPS) is 11.8. The van der Waals surface area contributed by atoms with Gasteiger partial charge in [0.25, 0.3) is 5.91 Å². The van der Waals surface area contributed by atoms with Crippen LogP contribution in [0.5, 0.6) is 5.75 Å². The van der Waals surface area contributed by atoms with Gasteiger partial charge in [-0.25, -0.2) is 0 Å². The summed E-state index contributed by atoms with van der Waals surface area (Å²) >= 11 is 3.39. The zero-order chi connectivity index (χ0) is 24.1. The number of amides is 1. The molecule has 0 saturated carbocycles. The Hall–Kier alpha value is -3.31. The fourth-order valence-electron chi connectivity index (χ4n) is 3.01. The zero-order valence-electron chi connectivity index (χ0n) is 18.1. The molecule has 2 aromatic carbocycles. The first-order chi connectivity index (χ1) is 15.0. The van der Waals surface area contributed by atoms with Crippen LogP contribution in [0.1, 0.15) is 37.8 Å². The average Bonchev–Trinajstić information content (AvgIpc) is 2.70. The van der Waals surface area contributed by atoms with Gasteiger partial charge in [-0.15, -0.1) is 5.92 Å². The van der Waals surface area contributed by atoms with E-state index in [1.807, 2.05) is 19.1 Å². The van der Waals surface area contributed by atoms with Gasteiger partial charge in [-0.1, -0.05) is 34.0 Å². The van der Waals surface area contributed by atoms with Crippen molar-refractivity contribution in [3.8, 4) is 17.6 Å². The number of nitrogens with one attached hydrogen (secondary N) is 1. The maximum atomic E-state index is 12.8. The first kappa shape index (κ1) is 25.0. The molecule has 0 aromatic heterocycles. The van der Waals surface area contributed by atoms with Crippen LogP contribution >= 0.6 is 15.9 Å². The van der Waals surface area contributed by atoms with Crippen LogP contribution in [0, 0.1) is 24.7 Å². The smallest absolute Gasteiger partial charge is 0.319 e. The van der Waals surface area contributed by atoms with Crippen molar-refractivity contribution in [1.29, 1.82) is 0 Å². The molecule has 8 heteroatoms. The van der Waals surface area contributed by atoms with Gasteiger partial charge in [0.05, 0.1) is 5.92 Å². The lowest BCUT2D eigenvalue weighted by Crippen LogP contribution is -2.42. The number of halogens is 1. The Morgan fingerprint density at radius 3 is 2.16 bits per heavy atom. The molecule has 0 radical (unpaired) electrons. The largest absolute Gasteiger partial charge is 0.481 e. The molecule has 0 aliphatic heterocycles. The Morgan fingerprint density at radius 1 is 1.06 bits per heavy atom. The summed E-state index contributed by atoms with van der Waals surface area (Å²) in [5.74, 6) is -0.220. The van der Waals surface area contributed by atoms with Crippen LogP contribution in [-0.2, 0) is 14.4 Å². The lowest BCUT2D eigenvalue weighted by molar-refractivity contribution is -0.154. The summed E-state index contributed by atoms with van der Waals surface area (Å²) in [7, 11) is 0. The van der Waals surface area contributed by atoms with E-state index >= 15 is 0 Å². The first-order valence-electron chi connectivity index (χ1n) is 9.70. The number of hydrogen-bond acceptors (Lipinski definition) is 4. The Balaban J connectivity index is 2.19. The quantitative estimate of drug-likeness (QED) is 0.363. The summed E-state index contributed by atoms with van der Waals surface area (Å²) in [4.78, 5) is 35.6. The average molecular weight is 502 g/mol. The SMILES string of the molecule is CC#CC(c1ccc(NC(=O)C(C)(C)Oc2ccc(Br)cc2C)cc1)C(C(=O)O)C(=O)O. The highest BCUT2D eigenvalue weighted by molar-refractivity contribution is 9.10. The van der Waals surface area contributed by atoms with E-state index in [1.165, 1.54) is 6.92 Å². The molecule has 0 fully saturated rings. The molecule has 3 N–H and O–H groups in total. The molecule has 1 unspecified atom stereocenters. The fourth-order valence-corrected chi connectivity index (χ4v) is 3.48. The van der Waals surface area contributed by atoms with Gasteiger partial charge in [0, 0.05) is 10.2 Å². The second-order valence-electron chi connectivity index (χ2n) is 7.62. The molecule has 0 aliphatic carbocycles. The van der Waals surface area contributed by atoms with E-state index in [1.54, 1.807) is 44.2 Å². The van der Waals surface area contributed by atoms with E-state index in [0.29, 0.717) is 17.0 Å². The van der Waals surface area contributed by atoms with Gasteiger partial charge in [0.1, 0.15) is 5.75 Å². The third kappa shape index (κ3) is 6.11. The number of ether oxygens (including phenoxy) is 1.